The first kappa shape index (κ1) is 20.8. The van der Waals surface area contributed by atoms with Crippen LogP contribution in [-0.4, -0.2) is 31.4 Å². The third-order valence-electron chi connectivity index (χ3n) is 3.91. The van der Waals surface area contributed by atoms with Crippen molar-refractivity contribution in [3.63, 3.8) is 0 Å². The molecule has 0 aromatic heterocycles. The number of nitrogens with one attached hydrogen (secondary N) is 2. The van der Waals surface area contributed by atoms with E-state index < -0.39 is 6.04 Å². The van der Waals surface area contributed by atoms with Crippen molar-refractivity contribution in [1.29, 1.82) is 0 Å². The standard InChI is InChI=1S/C20H26N2O4S/c1-6-9-25-15-8-7-14(10-16(15)24-5)18-17(13(4)21-20(27)22-18)19(23)26-11-12(2)3/h6-8,10,12,18H,1,9,11H2,2-5H3,(H2,21,22,27)/t18-/m0/s1. The van der Waals surface area contributed by atoms with Crippen LogP contribution in [0.15, 0.2) is 42.1 Å². The number of methoxy groups -OCH3 is 1. The van der Waals surface area contributed by atoms with E-state index in [1.165, 1.54) is 0 Å². The smallest absolute Gasteiger partial charge is 0.338 e. The van der Waals surface area contributed by atoms with Crippen molar-refractivity contribution in [2.75, 3.05) is 20.3 Å². The molecule has 0 radical (unpaired) electrons. The summed E-state index contributed by atoms with van der Waals surface area (Å²) in [4.78, 5) is 12.7. The predicted octanol–water partition coefficient (Wildman–Crippen LogP) is 3.25. The first-order chi connectivity index (χ1) is 12.9. The summed E-state index contributed by atoms with van der Waals surface area (Å²) in [7, 11) is 1.57. The van der Waals surface area contributed by atoms with Crippen LogP contribution in [0, 0.1) is 5.92 Å². The van der Waals surface area contributed by atoms with E-state index in [0.29, 0.717) is 41.1 Å². The van der Waals surface area contributed by atoms with Crippen LogP contribution < -0.4 is 20.1 Å². The average molecular weight is 391 g/mol. The molecule has 0 aliphatic carbocycles. The number of esters is 1. The fraction of sp³-hybridized carbons (Fsp3) is 0.400. The van der Waals surface area contributed by atoms with Gasteiger partial charge in [-0.15, -0.1) is 0 Å². The van der Waals surface area contributed by atoms with E-state index in [9.17, 15) is 4.79 Å². The predicted molar refractivity (Wildman–Crippen MR) is 109 cm³/mol. The van der Waals surface area contributed by atoms with Crippen molar-refractivity contribution in [1.82, 2.24) is 10.6 Å². The van der Waals surface area contributed by atoms with Crippen molar-refractivity contribution in [2.24, 2.45) is 5.92 Å². The van der Waals surface area contributed by atoms with Gasteiger partial charge in [-0.05, 0) is 42.8 Å². The van der Waals surface area contributed by atoms with Gasteiger partial charge in [0.2, 0.25) is 0 Å². The molecular formula is C20H26N2O4S. The number of carbonyl (C=O) groups excluding carboxylic acids is 1. The van der Waals surface area contributed by atoms with Crippen LogP contribution in [0.3, 0.4) is 0 Å². The second-order valence-corrected chi connectivity index (χ2v) is 6.98. The topological polar surface area (TPSA) is 68.8 Å². The minimum absolute atomic E-state index is 0.250. The molecule has 0 saturated heterocycles. The Morgan fingerprint density at radius 2 is 2.11 bits per heavy atom. The molecule has 1 heterocycles. The lowest BCUT2D eigenvalue weighted by molar-refractivity contribution is -0.140. The van der Waals surface area contributed by atoms with Crippen LogP contribution in [0.2, 0.25) is 0 Å². The van der Waals surface area contributed by atoms with E-state index in [4.69, 9.17) is 26.4 Å². The molecule has 6 nitrogen and oxygen atoms in total. The summed E-state index contributed by atoms with van der Waals surface area (Å²) >= 11 is 5.27. The molecule has 1 aliphatic rings. The fourth-order valence-electron chi connectivity index (χ4n) is 2.67. The first-order valence-corrected chi connectivity index (χ1v) is 9.15. The summed E-state index contributed by atoms with van der Waals surface area (Å²) in [5.41, 5.74) is 1.98. The Bertz CT molecular complexity index is 758. The zero-order chi connectivity index (χ0) is 20.0. The van der Waals surface area contributed by atoms with Gasteiger partial charge in [0.25, 0.3) is 0 Å². The maximum absolute atomic E-state index is 12.7. The van der Waals surface area contributed by atoms with Gasteiger partial charge in [-0.25, -0.2) is 4.79 Å². The Balaban J connectivity index is 2.37. The van der Waals surface area contributed by atoms with Crippen LogP contribution >= 0.6 is 12.2 Å². The zero-order valence-electron chi connectivity index (χ0n) is 16.1. The number of thiocarbonyl (C=S) groups is 1. The normalized spacial score (nSPS) is 16.5. The molecule has 146 valence electrons. The molecule has 1 aliphatic heterocycles. The highest BCUT2D eigenvalue weighted by Gasteiger charge is 2.31. The van der Waals surface area contributed by atoms with Gasteiger partial charge in [0, 0.05) is 5.70 Å². The highest BCUT2D eigenvalue weighted by atomic mass is 32.1. The summed E-state index contributed by atoms with van der Waals surface area (Å²) in [6.07, 6.45) is 1.66. The van der Waals surface area contributed by atoms with Crippen LogP contribution in [0.25, 0.3) is 0 Å². The Morgan fingerprint density at radius 3 is 2.74 bits per heavy atom. The van der Waals surface area contributed by atoms with E-state index in [1.54, 1.807) is 19.3 Å². The van der Waals surface area contributed by atoms with Gasteiger partial charge >= 0.3 is 5.97 Å². The molecule has 7 heteroatoms. The summed E-state index contributed by atoms with van der Waals surface area (Å²) < 4.78 is 16.5. The Morgan fingerprint density at radius 1 is 1.37 bits per heavy atom. The fourth-order valence-corrected chi connectivity index (χ4v) is 2.94. The van der Waals surface area contributed by atoms with Gasteiger partial charge in [-0.2, -0.15) is 0 Å². The number of rotatable bonds is 8. The molecule has 2 N–H and O–H groups in total. The molecule has 2 rings (SSSR count). The average Bonchev–Trinajstić information content (AvgIpc) is 2.63. The Kier molecular flexibility index (Phi) is 7.24. The minimum atomic E-state index is -0.444. The van der Waals surface area contributed by atoms with Gasteiger partial charge in [0.05, 0.1) is 25.3 Å². The monoisotopic (exact) mass is 390 g/mol. The number of allylic oxidation sites excluding steroid dienone is 1. The van der Waals surface area contributed by atoms with Crippen molar-refractivity contribution in [3.8, 4) is 11.5 Å². The van der Waals surface area contributed by atoms with E-state index in [2.05, 4.69) is 17.2 Å². The van der Waals surface area contributed by atoms with Gasteiger partial charge in [-0.3, -0.25) is 0 Å². The third-order valence-corrected chi connectivity index (χ3v) is 4.13. The van der Waals surface area contributed by atoms with Crippen molar-refractivity contribution >= 4 is 23.3 Å². The van der Waals surface area contributed by atoms with Crippen molar-refractivity contribution in [2.45, 2.75) is 26.8 Å². The highest BCUT2D eigenvalue weighted by Crippen LogP contribution is 2.34. The van der Waals surface area contributed by atoms with Crippen LogP contribution in [0.5, 0.6) is 11.5 Å². The van der Waals surface area contributed by atoms with Gasteiger partial charge in [0.15, 0.2) is 16.6 Å². The Labute approximate surface area is 165 Å². The molecule has 0 saturated carbocycles. The van der Waals surface area contributed by atoms with Crippen molar-refractivity contribution < 1.29 is 19.0 Å². The third kappa shape index (κ3) is 5.23. The molecule has 0 unspecified atom stereocenters. The van der Waals surface area contributed by atoms with Crippen molar-refractivity contribution in [3.05, 3.63) is 47.7 Å². The van der Waals surface area contributed by atoms with E-state index in [1.807, 2.05) is 32.9 Å². The summed E-state index contributed by atoms with van der Waals surface area (Å²) in [5, 5.41) is 6.59. The van der Waals surface area contributed by atoms with Crippen LogP contribution in [-0.2, 0) is 9.53 Å². The lowest BCUT2D eigenvalue weighted by atomic mass is 9.95. The molecular weight excluding hydrogens is 364 g/mol. The number of carbonyl (C=O) groups is 1. The second-order valence-electron chi connectivity index (χ2n) is 6.57. The first-order valence-electron chi connectivity index (χ1n) is 8.74. The SMILES string of the molecule is C=CCOc1ccc([C@@H]2NC(=S)NC(C)=C2C(=O)OCC(C)C)cc1OC. The van der Waals surface area contributed by atoms with Crippen LogP contribution in [0.4, 0.5) is 0 Å². The van der Waals surface area contributed by atoms with E-state index in [0.717, 1.165) is 5.56 Å². The van der Waals surface area contributed by atoms with Gasteiger partial charge in [0.1, 0.15) is 6.61 Å². The van der Waals surface area contributed by atoms with E-state index >= 15 is 0 Å². The molecule has 0 spiro atoms. The highest BCUT2D eigenvalue weighted by molar-refractivity contribution is 7.80. The maximum Gasteiger partial charge on any atom is 0.338 e. The minimum Gasteiger partial charge on any atom is -0.493 e. The quantitative estimate of drug-likeness (QED) is 0.401. The molecule has 27 heavy (non-hydrogen) atoms. The van der Waals surface area contributed by atoms with Gasteiger partial charge in [-0.1, -0.05) is 32.6 Å². The molecule has 1 atom stereocenters. The summed E-state index contributed by atoms with van der Waals surface area (Å²) in [6.45, 7) is 10.2. The largest absolute Gasteiger partial charge is 0.493 e. The van der Waals surface area contributed by atoms with E-state index in [-0.39, 0.29) is 11.9 Å². The molecule has 1 aromatic carbocycles. The molecule has 0 bridgehead atoms. The lowest BCUT2D eigenvalue weighted by Gasteiger charge is -2.30. The number of hydrogen-bond donors (Lipinski definition) is 2. The van der Waals surface area contributed by atoms with Crippen LogP contribution in [0.1, 0.15) is 32.4 Å². The number of ether oxygens (including phenoxy) is 3. The zero-order valence-corrected chi connectivity index (χ0v) is 16.9. The second kappa shape index (κ2) is 9.41. The van der Waals surface area contributed by atoms with Gasteiger partial charge < -0.3 is 24.8 Å². The number of hydrogen-bond acceptors (Lipinski definition) is 5. The molecule has 0 fully saturated rings. The summed E-state index contributed by atoms with van der Waals surface area (Å²) in [6, 6.07) is 5.06. The number of benzene rings is 1. The lowest BCUT2D eigenvalue weighted by Crippen LogP contribution is -2.45. The summed E-state index contributed by atoms with van der Waals surface area (Å²) in [5.74, 6) is 1.04. The molecule has 0 amide bonds. The molecule has 1 aromatic rings. The Hall–Kier alpha value is -2.54. The maximum atomic E-state index is 12.7.